The molecule has 0 saturated heterocycles. The molecule has 0 N–H and O–H groups in total. The second-order valence-corrected chi connectivity index (χ2v) is 2.13. The molecule has 0 spiro atoms. The molecule has 0 fully saturated rings. The van der Waals surface area contributed by atoms with Crippen molar-refractivity contribution >= 4 is 5.90 Å². The Morgan fingerprint density at radius 1 is 1.55 bits per heavy atom. The molecule has 0 unspecified atom stereocenters. The molecule has 0 aliphatic rings. The number of hydrogen-bond acceptors (Lipinski definition) is 2. The molecule has 0 aliphatic heterocycles. The third-order valence-corrected chi connectivity index (χ3v) is 0.918. The normalized spacial score (nSPS) is 13.1. The Morgan fingerprint density at radius 3 is 2.36 bits per heavy atom. The van der Waals surface area contributed by atoms with E-state index in [-0.39, 0.29) is 5.83 Å². The predicted molar refractivity (Wildman–Crippen MR) is 44.1 cm³/mol. The van der Waals surface area contributed by atoms with E-state index >= 15 is 0 Å². The third-order valence-electron chi connectivity index (χ3n) is 0.918. The Kier molecular flexibility index (Phi) is 4.18. The smallest absolute Gasteiger partial charge is 0.215 e. The Labute approximate surface area is 66.1 Å². The molecule has 11 heavy (non-hydrogen) atoms. The number of allylic oxidation sites excluding steroid dienone is 1. The Morgan fingerprint density at radius 2 is 2.09 bits per heavy atom. The second-order valence-electron chi connectivity index (χ2n) is 2.13. The van der Waals surface area contributed by atoms with Crippen molar-refractivity contribution in [2.24, 2.45) is 4.99 Å². The molecule has 0 atom stereocenters. The van der Waals surface area contributed by atoms with E-state index < -0.39 is 0 Å². The lowest BCUT2D eigenvalue weighted by atomic mass is 10.3. The molecule has 0 aromatic rings. The van der Waals surface area contributed by atoms with Crippen LogP contribution < -0.4 is 0 Å². The zero-order chi connectivity index (χ0) is 8.85. The average molecular weight is 157 g/mol. The molecule has 0 amide bonds. The minimum Gasteiger partial charge on any atom is -0.481 e. The first-order chi connectivity index (χ1) is 5.07. The number of ether oxygens (including phenoxy) is 1. The van der Waals surface area contributed by atoms with Gasteiger partial charge in [0.25, 0.3) is 0 Å². The van der Waals surface area contributed by atoms with Gasteiger partial charge in [0.05, 0.1) is 13.3 Å². The SMILES string of the molecule is C=C(C)/C(=N\C=C(/C)F)OC. The highest BCUT2D eigenvalue weighted by Gasteiger charge is 1.95. The molecule has 0 heterocycles. The van der Waals surface area contributed by atoms with E-state index in [4.69, 9.17) is 4.74 Å². The quantitative estimate of drug-likeness (QED) is 0.445. The van der Waals surface area contributed by atoms with Crippen LogP contribution in [0.2, 0.25) is 0 Å². The van der Waals surface area contributed by atoms with Gasteiger partial charge in [-0.25, -0.2) is 9.38 Å². The molecule has 0 rings (SSSR count). The van der Waals surface area contributed by atoms with E-state index in [2.05, 4.69) is 11.6 Å². The molecule has 0 saturated carbocycles. The summed E-state index contributed by atoms with van der Waals surface area (Å²) in [6, 6.07) is 0. The first-order valence-electron chi connectivity index (χ1n) is 3.18. The summed E-state index contributed by atoms with van der Waals surface area (Å²) in [5.41, 5.74) is 0.671. The summed E-state index contributed by atoms with van der Waals surface area (Å²) in [6.45, 7) is 6.65. The maximum Gasteiger partial charge on any atom is 0.215 e. The van der Waals surface area contributed by atoms with Crippen LogP contribution in [0.3, 0.4) is 0 Å². The van der Waals surface area contributed by atoms with Crippen molar-refractivity contribution in [3.8, 4) is 0 Å². The Bertz CT molecular complexity index is 202. The fourth-order valence-corrected chi connectivity index (χ4v) is 0.485. The van der Waals surface area contributed by atoms with Crippen LogP contribution in [-0.4, -0.2) is 13.0 Å². The molecular weight excluding hydrogens is 145 g/mol. The largest absolute Gasteiger partial charge is 0.481 e. The van der Waals surface area contributed by atoms with Crippen LogP contribution in [0.4, 0.5) is 4.39 Å². The average Bonchev–Trinajstić information content (AvgIpc) is 1.87. The highest BCUT2D eigenvalue weighted by Crippen LogP contribution is 1.98. The lowest BCUT2D eigenvalue weighted by Crippen LogP contribution is -2.00. The van der Waals surface area contributed by atoms with Gasteiger partial charge in [-0.2, -0.15) is 0 Å². The van der Waals surface area contributed by atoms with Crippen LogP contribution in [0.15, 0.2) is 29.2 Å². The maximum absolute atomic E-state index is 12.1. The van der Waals surface area contributed by atoms with Crippen LogP contribution in [0.1, 0.15) is 13.8 Å². The monoisotopic (exact) mass is 157 g/mol. The molecule has 0 bridgehead atoms. The Hall–Kier alpha value is -1.12. The molecule has 0 radical (unpaired) electrons. The molecule has 0 aromatic heterocycles. The number of nitrogens with zero attached hydrogens (tertiary/aromatic N) is 1. The van der Waals surface area contributed by atoms with E-state index in [1.54, 1.807) is 6.92 Å². The molecule has 3 heteroatoms. The van der Waals surface area contributed by atoms with Gasteiger partial charge in [-0.1, -0.05) is 6.58 Å². The lowest BCUT2D eigenvalue weighted by Gasteiger charge is -2.00. The van der Waals surface area contributed by atoms with Crippen molar-refractivity contribution in [3.05, 3.63) is 24.2 Å². The topological polar surface area (TPSA) is 21.6 Å². The van der Waals surface area contributed by atoms with Crippen molar-refractivity contribution in [1.82, 2.24) is 0 Å². The number of hydrogen-bond donors (Lipinski definition) is 0. The zero-order valence-electron chi connectivity index (χ0n) is 7.02. The van der Waals surface area contributed by atoms with Crippen LogP contribution in [0, 0.1) is 0 Å². The summed E-state index contributed by atoms with van der Waals surface area (Å²) >= 11 is 0. The van der Waals surface area contributed by atoms with Gasteiger partial charge in [-0.3, -0.25) is 0 Å². The number of rotatable bonds is 2. The van der Waals surface area contributed by atoms with Crippen molar-refractivity contribution in [3.63, 3.8) is 0 Å². The summed E-state index contributed by atoms with van der Waals surface area (Å²) in [5.74, 6) is -0.0113. The minimum atomic E-state index is -0.360. The zero-order valence-corrected chi connectivity index (χ0v) is 7.02. The summed E-state index contributed by atoms with van der Waals surface area (Å²) in [7, 11) is 1.47. The first-order valence-corrected chi connectivity index (χ1v) is 3.18. The number of methoxy groups -OCH3 is 1. The van der Waals surface area contributed by atoms with Gasteiger partial charge in [0.1, 0.15) is 5.83 Å². The van der Waals surface area contributed by atoms with Crippen LogP contribution in [-0.2, 0) is 4.74 Å². The van der Waals surface area contributed by atoms with Crippen LogP contribution in [0.25, 0.3) is 0 Å². The van der Waals surface area contributed by atoms with E-state index in [1.165, 1.54) is 14.0 Å². The number of halogens is 1. The first kappa shape index (κ1) is 9.88. The minimum absolute atomic E-state index is 0.349. The summed E-state index contributed by atoms with van der Waals surface area (Å²) in [5, 5.41) is 0. The van der Waals surface area contributed by atoms with E-state index in [1.807, 2.05) is 0 Å². The summed E-state index contributed by atoms with van der Waals surface area (Å²) < 4.78 is 16.9. The summed E-state index contributed by atoms with van der Waals surface area (Å²) in [6.07, 6.45) is 1.09. The predicted octanol–water partition coefficient (Wildman–Crippen LogP) is 2.44. The van der Waals surface area contributed by atoms with Gasteiger partial charge in [-0.15, -0.1) is 0 Å². The third kappa shape index (κ3) is 4.31. The van der Waals surface area contributed by atoms with Crippen molar-refractivity contribution in [2.45, 2.75) is 13.8 Å². The molecular formula is C8H12FNO. The fraction of sp³-hybridized carbons (Fsp3) is 0.375. The fourth-order valence-electron chi connectivity index (χ4n) is 0.485. The molecule has 0 aromatic carbocycles. The van der Waals surface area contributed by atoms with E-state index in [0.29, 0.717) is 11.5 Å². The van der Waals surface area contributed by atoms with Gasteiger partial charge >= 0.3 is 0 Å². The maximum atomic E-state index is 12.1. The number of aliphatic imine (C=N–C) groups is 1. The molecule has 62 valence electrons. The molecule has 0 aliphatic carbocycles. The van der Waals surface area contributed by atoms with Crippen molar-refractivity contribution < 1.29 is 9.13 Å². The van der Waals surface area contributed by atoms with E-state index in [0.717, 1.165) is 6.20 Å². The van der Waals surface area contributed by atoms with Gasteiger partial charge in [0.15, 0.2) is 0 Å². The van der Waals surface area contributed by atoms with Crippen LogP contribution in [0.5, 0.6) is 0 Å². The standard InChI is InChI=1S/C8H12FNO/c1-6(2)8(11-4)10-5-7(3)9/h5H,1H2,2-4H3/b7-5+,10-8+. The van der Waals surface area contributed by atoms with Crippen LogP contribution >= 0.6 is 0 Å². The van der Waals surface area contributed by atoms with Gasteiger partial charge < -0.3 is 4.74 Å². The highest BCUT2D eigenvalue weighted by molar-refractivity contribution is 5.92. The highest BCUT2D eigenvalue weighted by atomic mass is 19.1. The van der Waals surface area contributed by atoms with Crippen molar-refractivity contribution in [2.75, 3.05) is 7.11 Å². The molecule has 2 nitrogen and oxygen atoms in total. The summed E-state index contributed by atoms with van der Waals surface area (Å²) in [4.78, 5) is 3.70. The van der Waals surface area contributed by atoms with Gasteiger partial charge in [-0.05, 0) is 13.8 Å². The van der Waals surface area contributed by atoms with E-state index in [9.17, 15) is 4.39 Å². The second kappa shape index (κ2) is 4.66. The van der Waals surface area contributed by atoms with Gasteiger partial charge in [0, 0.05) is 5.57 Å². The van der Waals surface area contributed by atoms with Crippen molar-refractivity contribution in [1.29, 1.82) is 0 Å². The lowest BCUT2D eigenvalue weighted by molar-refractivity contribution is 0.403. The van der Waals surface area contributed by atoms with Gasteiger partial charge in [0.2, 0.25) is 5.90 Å². The Balaban J connectivity index is 4.37.